The minimum atomic E-state index is 0.00292. The van der Waals surface area contributed by atoms with Gasteiger partial charge in [-0.1, -0.05) is 20.8 Å². The summed E-state index contributed by atoms with van der Waals surface area (Å²) in [6, 6.07) is 0.264. The summed E-state index contributed by atoms with van der Waals surface area (Å²) in [5.74, 6) is 0.516. The number of hydrogen-bond donors (Lipinski definition) is 2. The predicted octanol–water partition coefficient (Wildman–Crippen LogP) is 2.29. The zero-order valence-corrected chi connectivity index (χ0v) is 12.3. The summed E-state index contributed by atoms with van der Waals surface area (Å²) in [6.07, 6.45) is 5.11. The van der Waals surface area contributed by atoms with Gasteiger partial charge in [0.25, 0.3) is 0 Å². The lowest BCUT2D eigenvalue weighted by molar-refractivity contribution is -0.108. The highest BCUT2D eigenvalue weighted by Crippen LogP contribution is 2.52. The van der Waals surface area contributed by atoms with Crippen LogP contribution in [0.25, 0.3) is 0 Å². The molecule has 1 heterocycles. The lowest BCUT2D eigenvalue weighted by atomic mass is 9.57. The maximum absolute atomic E-state index is 12.0. The molecule has 108 valence electrons. The van der Waals surface area contributed by atoms with Crippen molar-refractivity contribution in [3.63, 3.8) is 0 Å². The van der Waals surface area contributed by atoms with Crippen LogP contribution in [0.15, 0.2) is 0 Å². The summed E-state index contributed by atoms with van der Waals surface area (Å²) in [7, 11) is 0. The number of fused-ring (bicyclic) bond motifs is 1. The van der Waals surface area contributed by atoms with Crippen molar-refractivity contribution in [3.05, 3.63) is 0 Å². The van der Waals surface area contributed by atoms with E-state index < -0.39 is 0 Å². The number of carbonyl (C=O) groups excluding carboxylic acids is 1. The van der Waals surface area contributed by atoms with Crippen LogP contribution >= 0.6 is 0 Å². The smallest absolute Gasteiger partial charge is 0.315 e. The van der Waals surface area contributed by atoms with E-state index in [1.807, 2.05) is 0 Å². The van der Waals surface area contributed by atoms with Gasteiger partial charge in [-0.05, 0) is 31.1 Å². The monoisotopic (exact) mass is 266 g/mol. The molecule has 3 fully saturated rings. The van der Waals surface area contributed by atoms with Gasteiger partial charge in [0.1, 0.15) is 0 Å². The SMILES string of the molecule is CCC1(CNC(=O)N[C@@H]2[C@H]3CCO[C@@H]3C2(C)C)CC1. The van der Waals surface area contributed by atoms with Crippen LogP contribution in [-0.4, -0.2) is 31.3 Å². The molecule has 2 N–H and O–H groups in total. The van der Waals surface area contributed by atoms with Crippen molar-refractivity contribution in [1.82, 2.24) is 10.6 Å². The van der Waals surface area contributed by atoms with Crippen molar-refractivity contribution in [2.45, 2.75) is 58.6 Å². The molecule has 0 spiro atoms. The van der Waals surface area contributed by atoms with Gasteiger partial charge in [0.05, 0.1) is 6.10 Å². The summed E-state index contributed by atoms with van der Waals surface area (Å²) in [5, 5.41) is 6.23. The third kappa shape index (κ3) is 2.14. The van der Waals surface area contributed by atoms with Crippen LogP contribution in [0.1, 0.15) is 46.5 Å². The number of carbonyl (C=O) groups is 1. The van der Waals surface area contributed by atoms with Gasteiger partial charge in [-0.3, -0.25) is 0 Å². The lowest BCUT2D eigenvalue weighted by Gasteiger charge is -2.54. The van der Waals surface area contributed by atoms with Crippen molar-refractivity contribution in [1.29, 1.82) is 0 Å². The second-order valence-electron chi connectivity index (χ2n) is 7.22. The normalized spacial score (nSPS) is 37.1. The Hall–Kier alpha value is -0.770. The first kappa shape index (κ1) is 13.2. The number of ether oxygens (including phenoxy) is 1. The molecule has 1 aliphatic heterocycles. The van der Waals surface area contributed by atoms with Crippen molar-refractivity contribution in [2.24, 2.45) is 16.7 Å². The van der Waals surface area contributed by atoms with Crippen LogP contribution in [0.2, 0.25) is 0 Å². The maximum atomic E-state index is 12.0. The Morgan fingerprint density at radius 3 is 2.74 bits per heavy atom. The molecular weight excluding hydrogens is 240 g/mol. The quantitative estimate of drug-likeness (QED) is 0.820. The molecule has 3 atom stereocenters. The molecule has 1 saturated heterocycles. The Morgan fingerprint density at radius 2 is 2.11 bits per heavy atom. The second kappa shape index (κ2) is 4.37. The van der Waals surface area contributed by atoms with Gasteiger partial charge < -0.3 is 15.4 Å². The summed E-state index contributed by atoms with van der Waals surface area (Å²) in [6.45, 7) is 8.27. The van der Waals surface area contributed by atoms with E-state index in [0.29, 0.717) is 17.4 Å². The van der Waals surface area contributed by atoms with E-state index in [9.17, 15) is 4.79 Å². The molecule has 0 radical (unpaired) electrons. The van der Waals surface area contributed by atoms with E-state index in [0.717, 1.165) is 19.6 Å². The van der Waals surface area contributed by atoms with E-state index in [2.05, 4.69) is 31.4 Å². The van der Waals surface area contributed by atoms with Crippen molar-refractivity contribution < 1.29 is 9.53 Å². The van der Waals surface area contributed by atoms with Gasteiger partial charge in [-0.2, -0.15) is 0 Å². The number of hydrogen-bond acceptors (Lipinski definition) is 2. The zero-order valence-electron chi connectivity index (χ0n) is 12.3. The first-order chi connectivity index (χ1) is 8.98. The average Bonchev–Trinajstić information content (AvgIpc) is 3.03. The van der Waals surface area contributed by atoms with Crippen molar-refractivity contribution in [3.8, 4) is 0 Å². The fourth-order valence-corrected chi connectivity index (χ4v) is 3.91. The molecule has 2 saturated carbocycles. The first-order valence-corrected chi connectivity index (χ1v) is 7.64. The second-order valence-corrected chi connectivity index (χ2v) is 7.22. The average molecular weight is 266 g/mol. The molecular formula is C15H26N2O2. The minimum absolute atomic E-state index is 0.00292. The Labute approximate surface area is 115 Å². The highest BCUT2D eigenvalue weighted by atomic mass is 16.5. The van der Waals surface area contributed by atoms with Crippen LogP contribution in [0, 0.1) is 16.7 Å². The van der Waals surface area contributed by atoms with E-state index in [-0.39, 0.29) is 17.5 Å². The maximum Gasteiger partial charge on any atom is 0.315 e. The summed E-state index contributed by atoms with van der Waals surface area (Å²) in [5.41, 5.74) is 0.478. The Bertz CT molecular complexity index is 376. The standard InChI is InChI=1S/C15H26N2O2/c1-4-15(6-7-15)9-16-13(18)17-11-10-5-8-19-12(10)14(11,2)3/h10-12H,4-9H2,1-3H3,(H2,16,17,18)/t10-,11-,12+/m1/s1. The lowest BCUT2D eigenvalue weighted by Crippen LogP contribution is -2.67. The predicted molar refractivity (Wildman–Crippen MR) is 73.9 cm³/mol. The van der Waals surface area contributed by atoms with Gasteiger partial charge in [-0.25, -0.2) is 4.79 Å². The van der Waals surface area contributed by atoms with E-state index in [1.165, 1.54) is 19.3 Å². The van der Waals surface area contributed by atoms with Gasteiger partial charge in [0, 0.05) is 30.5 Å². The third-order valence-corrected chi connectivity index (χ3v) is 5.72. The molecule has 4 heteroatoms. The first-order valence-electron chi connectivity index (χ1n) is 7.64. The highest BCUT2D eigenvalue weighted by molar-refractivity contribution is 5.74. The number of urea groups is 1. The molecule has 0 unspecified atom stereocenters. The van der Waals surface area contributed by atoms with Crippen LogP contribution in [0.5, 0.6) is 0 Å². The van der Waals surface area contributed by atoms with Crippen LogP contribution in [-0.2, 0) is 4.74 Å². The van der Waals surface area contributed by atoms with Crippen molar-refractivity contribution in [2.75, 3.05) is 13.2 Å². The topological polar surface area (TPSA) is 50.4 Å². The number of amides is 2. The van der Waals surface area contributed by atoms with Crippen LogP contribution in [0.4, 0.5) is 4.79 Å². The van der Waals surface area contributed by atoms with E-state index >= 15 is 0 Å². The van der Waals surface area contributed by atoms with Gasteiger partial charge >= 0.3 is 6.03 Å². The molecule has 0 bridgehead atoms. The zero-order chi connectivity index (χ0) is 13.7. The third-order valence-electron chi connectivity index (χ3n) is 5.72. The molecule has 0 aromatic rings. The van der Waals surface area contributed by atoms with Crippen LogP contribution in [0.3, 0.4) is 0 Å². The summed E-state index contributed by atoms with van der Waals surface area (Å²) < 4.78 is 5.75. The fourth-order valence-electron chi connectivity index (χ4n) is 3.91. The number of rotatable bonds is 4. The molecule has 0 aromatic carbocycles. The number of nitrogens with one attached hydrogen (secondary N) is 2. The summed E-state index contributed by atoms with van der Waals surface area (Å²) in [4.78, 5) is 12.0. The van der Waals surface area contributed by atoms with Crippen LogP contribution < -0.4 is 10.6 Å². The minimum Gasteiger partial charge on any atom is -0.377 e. The molecule has 19 heavy (non-hydrogen) atoms. The molecule has 0 aromatic heterocycles. The Kier molecular flexibility index (Phi) is 3.04. The van der Waals surface area contributed by atoms with Crippen molar-refractivity contribution >= 4 is 6.03 Å². The Balaban J connectivity index is 1.50. The van der Waals surface area contributed by atoms with E-state index in [4.69, 9.17) is 4.74 Å². The van der Waals surface area contributed by atoms with Gasteiger partial charge in [-0.15, -0.1) is 0 Å². The molecule has 2 aliphatic carbocycles. The van der Waals surface area contributed by atoms with E-state index in [1.54, 1.807) is 0 Å². The molecule has 3 rings (SSSR count). The Morgan fingerprint density at radius 1 is 1.37 bits per heavy atom. The summed E-state index contributed by atoms with van der Waals surface area (Å²) >= 11 is 0. The highest BCUT2D eigenvalue weighted by Gasteiger charge is 2.59. The molecule has 4 nitrogen and oxygen atoms in total. The molecule has 3 aliphatic rings. The van der Waals surface area contributed by atoms with Gasteiger partial charge in [0.2, 0.25) is 0 Å². The fraction of sp³-hybridized carbons (Fsp3) is 0.933. The van der Waals surface area contributed by atoms with Gasteiger partial charge in [0.15, 0.2) is 0 Å². The largest absolute Gasteiger partial charge is 0.377 e. The molecule has 2 amide bonds.